The Bertz CT molecular complexity index is 465. The van der Waals surface area contributed by atoms with Gasteiger partial charge in [0, 0.05) is 44.2 Å². The molecule has 0 aromatic carbocycles. The second-order valence-electron chi connectivity index (χ2n) is 7.88. The number of likely N-dealkylation sites (tertiary alicyclic amines) is 1. The molecule has 2 rings (SSSR count). The molecular weight excluding hydrogens is 453 g/mol. The third-order valence-corrected chi connectivity index (χ3v) is 5.68. The van der Waals surface area contributed by atoms with Crippen LogP contribution in [0, 0.1) is 5.92 Å². The van der Waals surface area contributed by atoms with Crippen LogP contribution < -0.4 is 10.6 Å². The molecule has 2 aliphatic rings. The fourth-order valence-corrected chi connectivity index (χ4v) is 4.09. The van der Waals surface area contributed by atoms with Gasteiger partial charge in [-0.25, -0.2) is 0 Å². The van der Waals surface area contributed by atoms with E-state index in [1.165, 1.54) is 12.8 Å². The number of aliphatic imine (C=N–C) groups is 1. The molecule has 6 nitrogen and oxygen atoms in total. The quantitative estimate of drug-likeness (QED) is 0.310. The second-order valence-corrected chi connectivity index (χ2v) is 7.88. The van der Waals surface area contributed by atoms with E-state index < -0.39 is 0 Å². The largest absolute Gasteiger partial charge is 0.357 e. The van der Waals surface area contributed by atoms with E-state index in [9.17, 15) is 4.79 Å². The van der Waals surface area contributed by atoms with Gasteiger partial charge in [-0.3, -0.25) is 14.7 Å². The maximum atomic E-state index is 12.6. The van der Waals surface area contributed by atoms with Crippen LogP contribution in [0.5, 0.6) is 0 Å². The summed E-state index contributed by atoms with van der Waals surface area (Å²) in [6.07, 6.45) is 5.61. The van der Waals surface area contributed by atoms with Crippen molar-refractivity contribution < 1.29 is 4.79 Å². The van der Waals surface area contributed by atoms with Gasteiger partial charge < -0.3 is 15.5 Å². The molecule has 1 aliphatic carbocycles. The Balaban J connectivity index is 0.00000364. The summed E-state index contributed by atoms with van der Waals surface area (Å²) in [6, 6.07) is 0.862. The minimum atomic E-state index is 0. The van der Waals surface area contributed by atoms with E-state index in [1.54, 1.807) is 0 Å². The van der Waals surface area contributed by atoms with Crippen LogP contribution in [0.4, 0.5) is 0 Å². The normalized spacial score (nSPS) is 21.0. The van der Waals surface area contributed by atoms with Gasteiger partial charge in [-0.1, -0.05) is 19.8 Å². The van der Waals surface area contributed by atoms with Crippen molar-refractivity contribution in [3.63, 3.8) is 0 Å². The number of hydrogen-bond acceptors (Lipinski definition) is 3. The maximum Gasteiger partial charge on any atom is 0.225 e. The van der Waals surface area contributed by atoms with Crippen molar-refractivity contribution in [1.82, 2.24) is 20.4 Å². The summed E-state index contributed by atoms with van der Waals surface area (Å²) in [4.78, 5) is 21.8. The number of rotatable bonds is 8. The van der Waals surface area contributed by atoms with Crippen molar-refractivity contribution in [1.29, 1.82) is 0 Å². The van der Waals surface area contributed by atoms with Gasteiger partial charge in [0.15, 0.2) is 5.96 Å². The Morgan fingerprint density at radius 1 is 1.22 bits per heavy atom. The second kappa shape index (κ2) is 12.8. The predicted molar refractivity (Wildman–Crippen MR) is 124 cm³/mol. The van der Waals surface area contributed by atoms with Gasteiger partial charge in [-0.05, 0) is 46.6 Å². The molecule has 27 heavy (non-hydrogen) atoms. The first kappa shape index (κ1) is 24.5. The molecule has 1 saturated heterocycles. The van der Waals surface area contributed by atoms with Gasteiger partial charge in [0.1, 0.15) is 0 Å². The number of guanidine groups is 1. The first-order chi connectivity index (χ1) is 12.5. The molecule has 7 heteroatoms. The van der Waals surface area contributed by atoms with E-state index in [0.29, 0.717) is 18.0 Å². The van der Waals surface area contributed by atoms with Crippen molar-refractivity contribution in [3.05, 3.63) is 0 Å². The molecule has 0 aromatic heterocycles. The number of carbonyl (C=O) groups excluding carboxylic acids is 1. The lowest BCUT2D eigenvalue weighted by molar-refractivity contribution is -0.134. The zero-order valence-corrected chi connectivity index (χ0v) is 20.0. The lowest BCUT2D eigenvalue weighted by atomic mass is 10.1. The highest BCUT2D eigenvalue weighted by molar-refractivity contribution is 14.0. The molecule has 0 bridgehead atoms. The predicted octanol–water partition coefficient (Wildman–Crippen LogP) is 2.68. The van der Waals surface area contributed by atoms with Gasteiger partial charge >= 0.3 is 0 Å². The van der Waals surface area contributed by atoms with Gasteiger partial charge in [0.25, 0.3) is 0 Å². The van der Waals surface area contributed by atoms with E-state index in [2.05, 4.69) is 48.1 Å². The molecule has 1 amide bonds. The average molecular weight is 493 g/mol. The van der Waals surface area contributed by atoms with E-state index in [1.807, 2.05) is 0 Å². The van der Waals surface area contributed by atoms with Crippen molar-refractivity contribution in [3.8, 4) is 0 Å². The number of amides is 1. The molecule has 1 unspecified atom stereocenters. The summed E-state index contributed by atoms with van der Waals surface area (Å²) >= 11 is 0. The smallest absolute Gasteiger partial charge is 0.225 e. The summed E-state index contributed by atoms with van der Waals surface area (Å²) in [5.74, 6) is 1.54. The minimum Gasteiger partial charge on any atom is -0.357 e. The number of carbonyl (C=O) groups is 1. The van der Waals surface area contributed by atoms with Crippen LogP contribution in [-0.4, -0.2) is 73.0 Å². The van der Waals surface area contributed by atoms with E-state index in [0.717, 1.165) is 64.5 Å². The zero-order chi connectivity index (χ0) is 18.9. The molecule has 2 N–H and O–H groups in total. The summed E-state index contributed by atoms with van der Waals surface area (Å²) in [5, 5.41) is 6.89. The van der Waals surface area contributed by atoms with E-state index in [4.69, 9.17) is 4.99 Å². The number of hydrogen-bond donors (Lipinski definition) is 2. The van der Waals surface area contributed by atoms with Gasteiger partial charge in [0.2, 0.25) is 5.91 Å². The van der Waals surface area contributed by atoms with Crippen molar-refractivity contribution >= 4 is 35.8 Å². The molecule has 1 aliphatic heterocycles. The Kier molecular flexibility index (Phi) is 11.6. The highest BCUT2D eigenvalue weighted by Crippen LogP contribution is 2.27. The molecular formula is C20H40IN5O. The number of nitrogens with zero attached hydrogens (tertiary/aromatic N) is 3. The Morgan fingerprint density at radius 2 is 1.93 bits per heavy atom. The Morgan fingerprint density at radius 3 is 2.52 bits per heavy atom. The molecule has 1 atom stereocenters. The van der Waals surface area contributed by atoms with Crippen molar-refractivity contribution in [2.75, 3.05) is 39.3 Å². The molecule has 0 spiro atoms. The van der Waals surface area contributed by atoms with Crippen LogP contribution in [0.15, 0.2) is 4.99 Å². The number of nitrogens with one attached hydrogen (secondary N) is 2. The Hall–Kier alpha value is -0.570. The third kappa shape index (κ3) is 7.75. The third-order valence-electron chi connectivity index (χ3n) is 5.68. The first-order valence-electron chi connectivity index (χ1n) is 10.6. The maximum absolute atomic E-state index is 12.6. The summed E-state index contributed by atoms with van der Waals surface area (Å²) in [5.41, 5.74) is 0. The molecule has 158 valence electrons. The summed E-state index contributed by atoms with van der Waals surface area (Å²) in [7, 11) is 0. The Labute approximate surface area is 182 Å². The van der Waals surface area contributed by atoms with Gasteiger partial charge in [-0.2, -0.15) is 0 Å². The highest BCUT2D eigenvalue weighted by atomic mass is 127. The van der Waals surface area contributed by atoms with Gasteiger partial charge in [-0.15, -0.1) is 24.0 Å². The van der Waals surface area contributed by atoms with E-state index >= 15 is 0 Å². The minimum absolute atomic E-state index is 0. The molecule has 0 aromatic rings. The number of likely N-dealkylation sites (N-methyl/N-ethyl adjacent to an activating group) is 1. The van der Waals surface area contributed by atoms with Crippen LogP contribution in [0.1, 0.15) is 59.8 Å². The first-order valence-corrected chi connectivity index (χ1v) is 10.6. The molecule has 1 heterocycles. The van der Waals surface area contributed by atoms with Crippen molar-refractivity contribution in [2.24, 2.45) is 10.9 Å². The lowest BCUT2D eigenvalue weighted by Crippen LogP contribution is -2.45. The van der Waals surface area contributed by atoms with Crippen LogP contribution in [0.3, 0.4) is 0 Å². The van der Waals surface area contributed by atoms with Crippen LogP contribution >= 0.6 is 24.0 Å². The van der Waals surface area contributed by atoms with Crippen molar-refractivity contribution in [2.45, 2.75) is 71.9 Å². The van der Waals surface area contributed by atoms with Crippen LogP contribution in [-0.2, 0) is 4.79 Å². The standard InChI is InChI=1S/C20H39N5O.HI/c1-5-21-20(22-12-14-24(6-2)16(3)4)23-18-11-13-25(15-18)19(26)17-9-7-8-10-17;/h16-18H,5-15H2,1-4H3,(H2,21,22,23);1H. The highest BCUT2D eigenvalue weighted by Gasteiger charge is 2.32. The topological polar surface area (TPSA) is 60.0 Å². The SMILES string of the molecule is CCNC(=NCCN(CC)C(C)C)NC1CCN(C(=O)C2CCCC2)C1.I. The average Bonchev–Trinajstić information content (AvgIpc) is 3.29. The molecule has 0 radical (unpaired) electrons. The lowest BCUT2D eigenvalue weighted by Gasteiger charge is -2.24. The van der Waals surface area contributed by atoms with Gasteiger partial charge in [0.05, 0.1) is 6.54 Å². The monoisotopic (exact) mass is 493 g/mol. The zero-order valence-electron chi connectivity index (χ0n) is 17.7. The van der Waals surface area contributed by atoms with E-state index in [-0.39, 0.29) is 29.9 Å². The summed E-state index contributed by atoms with van der Waals surface area (Å²) in [6.45, 7) is 14.1. The fourth-order valence-electron chi connectivity index (χ4n) is 4.09. The van der Waals surface area contributed by atoms with Crippen LogP contribution in [0.2, 0.25) is 0 Å². The number of halogens is 1. The summed E-state index contributed by atoms with van der Waals surface area (Å²) < 4.78 is 0. The molecule has 1 saturated carbocycles. The van der Waals surface area contributed by atoms with Crippen LogP contribution in [0.25, 0.3) is 0 Å². The fraction of sp³-hybridized carbons (Fsp3) is 0.900. The molecule has 2 fully saturated rings.